The van der Waals surface area contributed by atoms with Crippen molar-refractivity contribution in [2.75, 3.05) is 19.6 Å². The van der Waals surface area contributed by atoms with Gasteiger partial charge in [-0.25, -0.2) is 4.79 Å². The maximum absolute atomic E-state index is 12.2. The Kier molecular flexibility index (Phi) is 6.25. The molecule has 0 saturated carbocycles. The highest BCUT2D eigenvalue weighted by Crippen LogP contribution is 2.21. The number of amides is 2. The predicted octanol–water partition coefficient (Wildman–Crippen LogP) is 3.05. The quantitative estimate of drug-likeness (QED) is 0.783. The number of carbonyl (C=O) groups excluding carboxylic acids is 1. The Labute approximate surface area is 134 Å². The number of aryl methyl sites for hydroxylation is 2. The summed E-state index contributed by atoms with van der Waals surface area (Å²) in [5.41, 5.74) is 3.71. The molecule has 1 aliphatic rings. The lowest BCUT2D eigenvalue weighted by atomic mass is 9.97. The van der Waals surface area contributed by atoms with Gasteiger partial charge in [0, 0.05) is 6.54 Å². The average Bonchev–Trinajstić information content (AvgIpc) is 2.52. The largest absolute Gasteiger partial charge is 0.338 e. The van der Waals surface area contributed by atoms with E-state index in [9.17, 15) is 4.79 Å². The van der Waals surface area contributed by atoms with E-state index in [0.717, 1.165) is 38.9 Å². The van der Waals surface area contributed by atoms with E-state index in [1.165, 1.54) is 16.7 Å². The van der Waals surface area contributed by atoms with Gasteiger partial charge in [-0.05, 0) is 63.2 Å². The molecule has 4 heteroatoms. The molecule has 1 saturated heterocycles. The minimum Gasteiger partial charge on any atom is -0.338 e. The highest BCUT2D eigenvalue weighted by Gasteiger charge is 2.17. The Hall–Kier alpha value is -1.55. The zero-order chi connectivity index (χ0) is 15.9. The summed E-state index contributed by atoms with van der Waals surface area (Å²) in [6.07, 6.45) is 3.19. The van der Waals surface area contributed by atoms with E-state index in [0.29, 0.717) is 5.92 Å². The molecule has 0 aliphatic carbocycles. The standard InChI is InChI=1S/C18H29N3O/c1-4-17(16-6-5-13(2)11-14(16)3)21-18(22)20-12-15-7-9-19-10-8-15/h5-6,11,15,17,19H,4,7-10,12H2,1-3H3,(H2,20,21,22). The second-order valence-electron chi connectivity index (χ2n) is 6.37. The van der Waals surface area contributed by atoms with E-state index in [4.69, 9.17) is 0 Å². The molecule has 1 aromatic rings. The van der Waals surface area contributed by atoms with Crippen molar-refractivity contribution in [1.29, 1.82) is 0 Å². The molecule has 0 radical (unpaired) electrons. The maximum Gasteiger partial charge on any atom is 0.315 e. The molecule has 1 heterocycles. The second kappa shape index (κ2) is 8.18. The summed E-state index contributed by atoms with van der Waals surface area (Å²) in [6.45, 7) is 9.21. The van der Waals surface area contributed by atoms with E-state index < -0.39 is 0 Å². The third-order valence-corrected chi connectivity index (χ3v) is 4.52. The Morgan fingerprint density at radius 1 is 1.32 bits per heavy atom. The number of benzene rings is 1. The molecule has 2 amide bonds. The van der Waals surface area contributed by atoms with Gasteiger partial charge in [0.05, 0.1) is 6.04 Å². The topological polar surface area (TPSA) is 53.2 Å². The van der Waals surface area contributed by atoms with Crippen molar-refractivity contribution in [1.82, 2.24) is 16.0 Å². The highest BCUT2D eigenvalue weighted by molar-refractivity contribution is 5.74. The van der Waals surface area contributed by atoms with Crippen LogP contribution < -0.4 is 16.0 Å². The van der Waals surface area contributed by atoms with Gasteiger partial charge in [-0.15, -0.1) is 0 Å². The first-order chi connectivity index (χ1) is 10.6. The monoisotopic (exact) mass is 303 g/mol. The molecule has 0 bridgehead atoms. The minimum atomic E-state index is -0.0506. The number of hydrogen-bond donors (Lipinski definition) is 3. The van der Waals surface area contributed by atoms with Gasteiger partial charge in [0.1, 0.15) is 0 Å². The first kappa shape index (κ1) is 16.8. The fraction of sp³-hybridized carbons (Fsp3) is 0.611. The van der Waals surface area contributed by atoms with Crippen LogP contribution in [0.5, 0.6) is 0 Å². The molecular weight excluding hydrogens is 274 g/mol. The van der Waals surface area contributed by atoms with Crippen molar-refractivity contribution in [3.63, 3.8) is 0 Å². The Balaban J connectivity index is 1.87. The molecule has 1 aliphatic heterocycles. The Bertz CT molecular complexity index is 495. The van der Waals surface area contributed by atoms with Crippen LogP contribution in [0.1, 0.15) is 48.9 Å². The van der Waals surface area contributed by atoms with Crippen molar-refractivity contribution in [2.24, 2.45) is 5.92 Å². The molecular formula is C18H29N3O. The molecule has 122 valence electrons. The highest BCUT2D eigenvalue weighted by atomic mass is 16.2. The lowest BCUT2D eigenvalue weighted by molar-refractivity contribution is 0.232. The van der Waals surface area contributed by atoms with Crippen LogP contribution in [0.25, 0.3) is 0 Å². The average molecular weight is 303 g/mol. The zero-order valence-electron chi connectivity index (χ0n) is 14.0. The van der Waals surface area contributed by atoms with E-state index in [1.807, 2.05) is 0 Å². The van der Waals surface area contributed by atoms with E-state index in [2.05, 4.69) is 54.9 Å². The van der Waals surface area contributed by atoms with Gasteiger partial charge in [-0.1, -0.05) is 30.7 Å². The normalized spacial score (nSPS) is 17.0. The number of urea groups is 1. The summed E-state index contributed by atoms with van der Waals surface area (Å²) < 4.78 is 0. The number of carbonyl (C=O) groups is 1. The SMILES string of the molecule is CCC(NC(=O)NCC1CCNCC1)c1ccc(C)cc1C. The summed E-state index contributed by atoms with van der Waals surface area (Å²) in [4.78, 5) is 12.2. The van der Waals surface area contributed by atoms with Crippen molar-refractivity contribution in [3.05, 3.63) is 34.9 Å². The third-order valence-electron chi connectivity index (χ3n) is 4.52. The number of hydrogen-bond acceptors (Lipinski definition) is 2. The van der Waals surface area contributed by atoms with Crippen LogP contribution in [-0.2, 0) is 0 Å². The summed E-state index contributed by atoms with van der Waals surface area (Å²) in [5, 5.41) is 9.50. The lowest BCUT2D eigenvalue weighted by Gasteiger charge is -2.24. The van der Waals surface area contributed by atoms with Gasteiger partial charge in [0.2, 0.25) is 0 Å². The number of rotatable bonds is 5. The van der Waals surface area contributed by atoms with Gasteiger partial charge in [0.25, 0.3) is 0 Å². The molecule has 0 spiro atoms. The molecule has 4 nitrogen and oxygen atoms in total. The molecule has 22 heavy (non-hydrogen) atoms. The van der Waals surface area contributed by atoms with Crippen LogP contribution in [0.2, 0.25) is 0 Å². The second-order valence-corrected chi connectivity index (χ2v) is 6.37. The Morgan fingerprint density at radius 2 is 2.05 bits per heavy atom. The van der Waals surface area contributed by atoms with Gasteiger partial charge >= 0.3 is 6.03 Å². The molecule has 2 rings (SSSR count). The molecule has 1 fully saturated rings. The molecule has 3 N–H and O–H groups in total. The first-order valence-electron chi connectivity index (χ1n) is 8.42. The van der Waals surface area contributed by atoms with Crippen LogP contribution in [-0.4, -0.2) is 25.7 Å². The van der Waals surface area contributed by atoms with Gasteiger partial charge < -0.3 is 16.0 Å². The van der Waals surface area contributed by atoms with E-state index >= 15 is 0 Å². The van der Waals surface area contributed by atoms with Crippen molar-refractivity contribution in [2.45, 2.75) is 46.1 Å². The zero-order valence-corrected chi connectivity index (χ0v) is 14.0. The lowest BCUT2D eigenvalue weighted by Crippen LogP contribution is -2.42. The van der Waals surface area contributed by atoms with Crippen molar-refractivity contribution >= 4 is 6.03 Å². The molecule has 1 atom stereocenters. The summed E-state index contributed by atoms with van der Waals surface area (Å²) in [7, 11) is 0. The van der Waals surface area contributed by atoms with Crippen LogP contribution in [0.3, 0.4) is 0 Å². The van der Waals surface area contributed by atoms with Crippen LogP contribution in [0.4, 0.5) is 4.79 Å². The predicted molar refractivity (Wildman–Crippen MR) is 91.1 cm³/mol. The van der Waals surface area contributed by atoms with Gasteiger partial charge in [0.15, 0.2) is 0 Å². The smallest absolute Gasteiger partial charge is 0.315 e. The van der Waals surface area contributed by atoms with E-state index in [-0.39, 0.29) is 12.1 Å². The van der Waals surface area contributed by atoms with Gasteiger partial charge in [-0.3, -0.25) is 0 Å². The molecule has 1 unspecified atom stereocenters. The first-order valence-corrected chi connectivity index (χ1v) is 8.42. The third kappa shape index (κ3) is 4.73. The maximum atomic E-state index is 12.2. The minimum absolute atomic E-state index is 0.0506. The summed E-state index contributed by atoms with van der Waals surface area (Å²) in [5.74, 6) is 0.605. The molecule has 1 aromatic carbocycles. The number of piperidine rings is 1. The summed E-state index contributed by atoms with van der Waals surface area (Å²) in [6, 6.07) is 6.44. The molecule has 0 aromatic heterocycles. The fourth-order valence-electron chi connectivity index (χ4n) is 3.15. The van der Waals surface area contributed by atoms with Crippen molar-refractivity contribution in [3.8, 4) is 0 Å². The van der Waals surface area contributed by atoms with Crippen LogP contribution in [0, 0.1) is 19.8 Å². The number of nitrogens with one attached hydrogen (secondary N) is 3. The van der Waals surface area contributed by atoms with Gasteiger partial charge in [-0.2, -0.15) is 0 Å². The Morgan fingerprint density at radius 3 is 2.68 bits per heavy atom. The van der Waals surface area contributed by atoms with Crippen LogP contribution in [0.15, 0.2) is 18.2 Å². The van der Waals surface area contributed by atoms with Crippen molar-refractivity contribution < 1.29 is 4.79 Å². The van der Waals surface area contributed by atoms with E-state index in [1.54, 1.807) is 0 Å². The fourth-order valence-corrected chi connectivity index (χ4v) is 3.15. The van der Waals surface area contributed by atoms with Crippen LogP contribution >= 0.6 is 0 Å². The summed E-state index contributed by atoms with van der Waals surface area (Å²) >= 11 is 0.